The largest absolute Gasteiger partial charge is 0.491 e. The van der Waals surface area contributed by atoms with Crippen LogP contribution in [0.15, 0.2) is 48.7 Å². The van der Waals surface area contributed by atoms with Crippen LogP contribution in [0.4, 0.5) is 19.0 Å². The maximum atomic E-state index is 12.6. The molecule has 2 aromatic heterocycles. The number of pyridine rings is 1. The van der Waals surface area contributed by atoms with Gasteiger partial charge < -0.3 is 14.7 Å². The summed E-state index contributed by atoms with van der Waals surface area (Å²) in [6.45, 7) is 3.91. The Hall–Kier alpha value is -3.20. The van der Waals surface area contributed by atoms with Gasteiger partial charge in [0, 0.05) is 31.0 Å². The maximum Gasteiger partial charge on any atom is 0.416 e. The number of benzene rings is 1. The van der Waals surface area contributed by atoms with Gasteiger partial charge >= 0.3 is 6.18 Å². The number of rotatable bonds is 7. The second-order valence-electron chi connectivity index (χ2n) is 7.16. The van der Waals surface area contributed by atoms with Gasteiger partial charge in [-0.2, -0.15) is 13.2 Å². The summed E-state index contributed by atoms with van der Waals surface area (Å²) >= 11 is 0. The minimum absolute atomic E-state index is 0.0775. The quantitative estimate of drug-likeness (QED) is 0.607. The summed E-state index contributed by atoms with van der Waals surface area (Å²) in [5.41, 5.74) is 1.57. The first-order chi connectivity index (χ1) is 14.6. The number of ether oxygens (including phenoxy) is 1. The number of aliphatic hydroxyl groups excluding tert-OH is 1. The molecule has 0 aliphatic heterocycles. The molecule has 31 heavy (non-hydrogen) atoms. The van der Waals surface area contributed by atoms with E-state index in [9.17, 15) is 18.3 Å². The molecule has 0 spiro atoms. The van der Waals surface area contributed by atoms with E-state index in [0.29, 0.717) is 17.3 Å². The Labute approximate surface area is 178 Å². The number of alkyl halides is 3. The van der Waals surface area contributed by atoms with E-state index in [4.69, 9.17) is 4.74 Å². The second-order valence-corrected chi connectivity index (χ2v) is 7.16. The predicted octanol–water partition coefficient (Wildman–Crippen LogP) is 4.05. The Morgan fingerprint density at radius 2 is 1.77 bits per heavy atom. The molecule has 164 valence electrons. The molecule has 0 saturated carbocycles. The van der Waals surface area contributed by atoms with Gasteiger partial charge in [0.15, 0.2) is 5.82 Å². The monoisotopic (exact) mass is 432 g/mol. The molecule has 9 heteroatoms. The van der Waals surface area contributed by atoms with Crippen LogP contribution in [-0.2, 0) is 6.18 Å². The molecule has 1 atom stereocenters. The topological polar surface area (TPSA) is 71.4 Å². The van der Waals surface area contributed by atoms with Crippen molar-refractivity contribution in [2.45, 2.75) is 26.1 Å². The lowest BCUT2D eigenvalue weighted by molar-refractivity contribution is -0.137. The highest BCUT2D eigenvalue weighted by Gasteiger charge is 2.30. The molecule has 1 aromatic carbocycles. The molecule has 2 heterocycles. The molecule has 0 saturated heterocycles. The summed E-state index contributed by atoms with van der Waals surface area (Å²) in [5, 5.41) is 10.4. The third-order valence-electron chi connectivity index (χ3n) is 4.73. The zero-order valence-electron chi connectivity index (χ0n) is 17.4. The molecule has 0 fully saturated rings. The standard InChI is InChI=1S/C22H23F3N4O2/c1-14-15(2)27-20(19-6-4-5-11-26-19)28-21(14)29(3)12-17(30)13-31-18-9-7-16(8-10-18)22(23,24)25/h4-11,17,30H,12-13H2,1-3H3. The summed E-state index contributed by atoms with van der Waals surface area (Å²) in [5.74, 6) is 1.39. The van der Waals surface area contributed by atoms with E-state index < -0.39 is 17.8 Å². The van der Waals surface area contributed by atoms with Gasteiger partial charge in [0.1, 0.15) is 30.0 Å². The number of halogens is 3. The average Bonchev–Trinajstić information content (AvgIpc) is 2.74. The normalized spacial score (nSPS) is 12.5. The Balaban J connectivity index is 1.65. The fourth-order valence-corrected chi connectivity index (χ4v) is 2.98. The SMILES string of the molecule is Cc1nc(-c2ccccn2)nc(N(C)CC(O)COc2ccc(C(F)(F)F)cc2)c1C. The Bertz CT molecular complexity index is 1010. The van der Waals surface area contributed by atoms with E-state index in [-0.39, 0.29) is 18.9 Å². The number of hydrogen-bond donors (Lipinski definition) is 1. The van der Waals surface area contributed by atoms with Crippen LogP contribution in [-0.4, -0.2) is 46.4 Å². The summed E-state index contributed by atoms with van der Waals surface area (Å²) in [6.07, 6.45) is -3.62. The van der Waals surface area contributed by atoms with Crippen LogP contribution in [0, 0.1) is 13.8 Å². The molecular formula is C22H23F3N4O2. The predicted molar refractivity (Wildman–Crippen MR) is 111 cm³/mol. The lowest BCUT2D eigenvalue weighted by Crippen LogP contribution is -2.34. The third-order valence-corrected chi connectivity index (χ3v) is 4.73. The number of nitrogens with zero attached hydrogens (tertiary/aromatic N) is 4. The Kier molecular flexibility index (Phi) is 6.74. The molecule has 3 rings (SSSR count). The zero-order valence-corrected chi connectivity index (χ0v) is 17.4. The van der Waals surface area contributed by atoms with Crippen molar-refractivity contribution in [3.8, 4) is 17.3 Å². The number of likely N-dealkylation sites (N-methyl/N-ethyl adjacent to an activating group) is 1. The van der Waals surface area contributed by atoms with Gasteiger partial charge in [0.05, 0.1) is 5.56 Å². The fraction of sp³-hybridized carbons (Fsp3) is 0.318. The number of aromatic nitrogens is 3. The van der Waals surface area contributed by atoms with Crippen LogP contribution in [0.1, 0.15) is 16.8 Å². The lowest BCUT2D eigenvalue weighted by atomic mass is 10.2. The summed E-state index contributed by atoms with van der Waals surface area (Å²) in [4.78, 5) is 15.2. The molecule has 0 radical (unpaired) electrons. The van der Waals surface area contributed by atoms with Gasteiger partial charge in [-0.05, 0) is 50.2 Å². The fourth-order valence-electron chi connectivity index (χ4n) is 2.98. The van der Waals surface area contributed by atoms with Crippen LogP contribution in [0.3, 0.4) is 0 Å². The van der Waals surface area contributed by atoms with E-state index in [1.54, 1.807) is 18.1 Å². The number of aliphatic hydroxyl groups is 1. The summed E-state index contributed by atoms with van der Waals surface area (Å²) < 4.78 is 43.3. The van der Waals surface area contributed by atoms with Crippen LogP contribution < -0.4 is 9.64 Å². The van der Waals surface area contributed by atoms with E-state index in [0.717, 1.165) is 23.4 Å². The molecule has 0 aliphatic carbocycles. The number of anilines is 1. The Morgan fingerprint density at radius 1 is 1.06 bits per heavy atom. The van der Waals surface area contributed by atoms with Crippen molar-refractivity contribution in [1.82, 2.24) is 15.0 Å². The van der Waals surface area contributed by atoms with Crippen LogP contribution in [0.2, 0.25) is 0 Å². The van der Waals surface area contributed by atoms with E-state index in [2.05, 4.69) is 15.0 Å². The van der Waals surface area contributed by atoms with Crippen molar-refractivity contribution in [3.05, 3.63) is 65.5 Å². The van der Waals surface area contributed by atoms with Gasteiger partial charge in [-0.25, -0.2) is 9.97 Å². The van der Waals surface area contributed by atoms with Gasteiger partial charge in [0.2, 0.25) is 0 Å². The van der Waals surface area contributed by atoms with Crippen molar-refractivity contribution in [1.29, 1.82) is 0 Å². The van der Waals surface area contributed by atoms with Gasteiger partial charge in [-0.15, -0.1) is 0 Å². The van der Waals surface area contributed by atoms with Gasteiger partial charge in [-0.1, -0.05) is 6.07 Å². The van der Waals surface area contributed by atoms with Crippen LogP contribution in [0.25, 0.3) is 11.5 Å². The van der Waals surface area contributed by atoms with Crippen molar-refractivity contribution in [2.24, 2.45) is 0 Å². The number of hydrogen-bond acceptors (Lipinski definition) is 6. The van der Waals surface area contributed by atoms with E-state index in [1.807, 2.05) is 32.0 Å². The van der Waals surface area contributed by atoms with Crippen molar-refractivity contribution < 1.29 is 23.0 Å². The highest BCUT2D eigenvalue weighted by Crippen LogP contribution is 2.30. The number of aryl methyl sites for hydroxylation is 1. The van der Waals surface area contributed by atoms with Gasteiger partial charge in [-0.3, -0.25) is 4.98 Å². The summed E-state index contributed by atoms with van der Waals surface area (Å²) in [6, 6.07) is 9.84. The average molecular weight is 432 g/mol. The highest BCUT2D eigenvalue weighted by atomic mass is 19.4. The molecule has 1 unspecified atom stereocenters. The maximum absolute atomic E-state index is 12.6. The lowest BCUT2D eigenvalue weighted by Gasteiger charge is -2.24. The molecule has 0 aliphatic rings. The zero-order chi connectivity index (χ0) is 22.6. The van der Waals surface area contributed by atoms with E-state index >= 15 is 0 Å². The van der Waals surface area contributed by atoms with E-state index in [1.165, 1.54) is 12.1 Å². The van der Waals surface area contributed by atoms with Crippen molar-refractivity contribution in [2.75, 3.05) is 25.1 Å². The highest BCUT2D eigenvalue weighted by molar-refractivity contribution is 5.57. The Morgan fingerprint density at radius 3 is 2.39 bits per heavy atom. The summed E-state index contributed by atoms with van der Waals surface area (Å²) in [7, 11) is 1.79. The minimum atomic E-state index is -4.40. The van der Waals surface area contributed by atoms with Crippen LogP contribution in [0.5, 0.6) is 5.75 Å². The molecule has 3 aromatic rings. The molecule has 0 amide bonds. The molecule has 0 bridgehead atoms. The molecule has 1 N–H and O–H groups in total. The first-order valence-electron chi connectivity index (χ1n) is 9.61. The smallest absolute Gasteiger partial charge is 0.416 e. The van der Waals surface area contributed by atoms with Gasteiger partial charge in [0.25, 0.3) is 0 Å². The minimum Gasteiger partial charge on any atom is -0.491 e. The first-order valence-corrected chi connectivity index (χ1v) is 9.61. The molecule has 6 nitrogen and oxygen atoms in total. The van der Waals surface area contributed by atoms with Crippen molar-refractivity contribution >= 4 is 5.82 Å². The van der Waals surface area contributed by atoms with Crippen LogP contribution >= 0.6 is 0 Å². The first kappa shape index (κ1) is 22.5. The third kappa shape index (κ3) is 5.69. The second kappa shape index (κ2) is 9.30. The van der Waals surface area contributed by atoms with Crippen molar-refractivity contribution in [3.63, 3.8) is 0 Å². The molecular weight excluding hydrogens is 409 g/mol.